The summed E-state index contributed by atoms with van der Waals surface area (Å²) in [5.41, 5.74) is -0.432. The van der Waals surface area contributed by atoms with Gasteiger partial charge in [-0.25, -0.2) is 0 Å². The Kier molecular flexibility index (Phi) is 25.0. The van der Waals surface area contributed by atoms with Gasteiger partial charge in [-0.3, -0.25) is 9.55 Å². The number of aliphatic hydroxyl groups excluding tert-OH is 1. The summed E-state index contributed by atoms with van der Waals surface area (Å²) in [4.78, 5) is 29.4. The van der Waals surface area contributed by atoms with Gasteiger partial charge in [-0.1, -0.05) is 29.7 Å². The number of aryl methyl sites for hydroxylation is 1. The molecule has 0 aromatic heterocycles. The molecule has 19 nitrogen and oxygen atoms in total. The number of nitrogens with one attached hydrogen (secondary N) is 1. The van der Waals surface area contributed by atoms with E-state index in [2.05, 4.69) is 35.8 Å². The first-order chi connectivity index (χ1) is 26.5. The zero-order valence-electron chi connectivity index (χ0n) is 33.7. The van der Waals surface area contributed by atoms with Crippen LogP contribution in [0.4, 0.5) is 39.8 Å². The van der Waals surface area contributed by atoms with Gasteiger partial charge < -0.3 is 50.3 Å². The first kappa shape index (κ1) is 58.3. The molecule has 0 saturated carbocycles. The number of rotatable bonds is 12. The number of anilines is 1. The fraction of sp³-hybridized carbons (Fsp3) is 0.0556. The molecule has 5 rings (SSSR count). The van der Waals surface area contributed by atoms with Crippen molar-refractivity contribution in [1.82, 2.24) is 0 Å². The molecule has 25 heteroatoms. The van der Waals surface area contributed by atoms with E-state index in [4.69, 9.17) is 4.74 Å². The predicted molar refractivity (Wildman–Crippen MR) is 189 cm³/mol. The SMILES string of the molecule is COc1cc(C)c(N=Nc2cc(C(=O)[O-])c([O-])c(S(=O)(=O)O)c2)cc1N=C([O-])c1cccc(N=C(O)Nc2ccc(N=Nc3ccc([O-])c(C(=O)[O-])c3)cc2)c1.[Na+].[Na+].[Na+].[Na+].[Na+]. The van der Waals surface area contributed by atoms with Gasteiger partial charge in [0.15, 0.2) is 0 Å². The second kappa shape index (κ2) is 26.2. The second-order valence-corrected chi connectivity index (χ2v) is 12.7. The minimum atomic E-state index is -5.12. The Morgan fingerprint density at radius 3 is 1.87 bits per heavy atom. The van der Waals surface area contributed by atoms with E-state index in [0.717, 1.165) is 18.2 Å². The number of benzene rings is 5. The minimum Gasteiger partial charge on any atom is -0.872 e. The van der Waals surface area contributed by atoms with E-state index in [0.29, 0.717) is 23.0 Å². The van der Waals surface area contributed by atoms with Crippen molar-refractivity contribution in [2.45, 2.75) is 11.8 Å². The number of aromatic carboxylic acids is 2. The number of aliphatic imine (C=N–C) groups is 2. The first-order valence-electron chi connectivity index (χ1n) is 15.6. The summed E-state index contributed by atoms with van der Waals surface area (Å²) in [5.74, 6) is -6.45. The molecule has 0 spiro atoms. The molecule has 0 fully saturated rings. The minimum absolute atomic E-state index is 0. The fourth-order valence-electron chi connectivity index (χ4n) is 4.75. The molecule has 0 heterocycles. The van der Waals surface area contributed by atoms with Crippen LogP contribution in [0.15, 0.2) is 126 Å². The van der Waals surface area contributed by atoms with E-state index in [-0.39, 0.29) is 182 Å². The quantitative estimate of drug-likeness (QED) is 0.0345. The number of aliphatic hydroxyl groups is 1. The summed E-state index contributed by atoms with van der Waals surface area (Å²) in [7, 11) is -3.79. The van der Waals surface area contributed by atoms with Crippen molar-refractivity contribution in [3.8, 4) is 17.2 Å². The maximum atomic E-state index is 13.3. The first-order valence-corrected chi connectivity index (χ1v) is 17.1. The van der Waals surface area contributed by atoms with Crippen LogP contribution in [0, 0.1) is 6.92 Å². The van der Waals surface area contributed by atoms with Crippen molar-refractivity contribution < 1.29 is 206 Å². The van der Waals surface area contributed by atoms with Gasteiger partial charge in [0.1, 0.15) is 11.4 Å². The van der Waals surface area contributed by atoms with Gasteiger partial charge in [0, 0.05) is 5.69 Å². The number of hydrogen-bond donors (Lipinski definition) is 3. The molecule has 0 aliphatic rings. The van der Waals surface area contributed by atoms with E-state index < -0.39 is 67.2 Å². The number of carboxylic acids is 2. The monoisotopic (exact) mass is 893 g/mol. The van der Waals surface area contributed by atoms with Gasteiger partial charge in [-0.15, -0.1) is 0 Å². The van der Waals surface area contributed by atoms with Crippen molar-refractivity contribution in [2.24, 2.45) is 30.4 Å². The Morgan fingerprint density at radius 2 is 1.26 bits per heavy atom. The molecule has 286 valence electrons. The van der Waals surface area contributed by atoms with Crippen LogP contribution in [0.2, 0.25) is 0 Å². The van der Waals surface area contributed by atoms with Crippen LogP contribution in [-0.4, -0.2) is 49.0 Å². The number of hydrogen-bond acceptors (Lipinski definition) is 16. The Labute approximate surface area is 458 Å². The molecule has 0 unspecified atom stereocenters. The van der Waals surface area contributed by atoms with Gasteiger partial charge in [0.25, 0.3) is 16.1 Å². The molecular formula is C36H24N7Na5O12S. The maximum Gasteiger partial charge on any atom is 1.00 e. The van der Waals surface area contributed by atoms with Crippen LogP contribution in [0.3, 0.4) is 0 Å². The number of carbonyl (C=O) groups is 2. The Hall–Kier alpha value is -2.71. The second-order valence-electron chi connectivity index (χ2n) is 11.3. The van der Waals surface area contributed by atoms with Gasteiger partial charge in [0.2, 0.25) is 0 Å². The van der Waals surface area contributed by atoms with E-state index in [1.54, 1.807) is 19.1 Å². The van der Waals surface area contributed by atoms with E-state index in [9.17, 15) is 53.2 Å². The molecule has 0 bridgehead atoms. The third-order valence-corrected chi connectivity index (χ3v) is 8.30. The molecule has 0 atom stereocenters. The summed E-state index contributed by atoms with van der Waals surface area (Å²) < 4.78 is 38.0. The van der Waals surface area contributed by atoms with Gasteiger partial charge >= 0.3 is 148 Å². The van der Waals surface area contributed by atoms with Crippen LogP contribution in [0.5, 0.6) is 17.2 Å². The van der Waals surface area contributed by atoms with Crippen molar-refractivity contribution >= 4 is 73.8 Å². The van der Waals surface area contributed by atoms with Crippen LogP contribution in [-0.2, 0) is 10.1 Å². The smallest absolute Gasteiger partial charge is 0.872 e. The largest absolute Gasteiger partial charge is 1.00 e. The predicted octanol–water partition coefficient (Wildman–Crippen LogP) is -11.9. The van der Waals surface area contributed by atoms with E-state index in [1.807, 2.05) is 0 Å². The summed E-state index contributed by atoms with van der Waals surface area (Å²) in [6, 6.07) is 18.9. The molecule has 61 heavy (non-hydrogen) atoms. The van der Waals surface area contributed by atoms with Gasteiger partial charge in [-0.05, 0) is 108 Å². The Bertz CT molecular complexity index is 2620. The zero-order valence-corrected chi connectivity index (χ0v) is 44.5. The molecule has 0 aliphatic carbocycles. The third kappa shape index (κ3) is 16.1. The maximum absolute atomic E-state index is 13.3. The topological polar surface area (TPSA) is 319 Å². The van der Waals surface area contributed by atoms with E-state index in [1.165, 1.54) is 61.7 Å². The number of nitrogens with zero attached hydrogens (tertiary/aromatic N) is 6. The molecule has 0 saturated heterocycles. The van der Waals surface area contributed by atoms with Crippen molar-refractivity contribution in [1.29, 1.82) is 0 Å². The van der Waals surface area contributed by atoms with Gasteiger partial charge in [-0.2, -0.15) is 33.9 Å². The molecule has 0 amide bonds. The summed E-state index contributed by atoms with van der Waals surface area (Å²) in [6.07, 6.45) is 0. The number of carbonyl (C=O) groups excluding carboxylic acids is 2. The third-order valence-electron chi connectivity index (χ3n) is 7.45. The van der Waals surface area contributed by atoms with Gasteiger partial charge in [0.05, 0.1) is 52.4 Å². The number of azo groups is 2. The summed E-state index contributed by atoms with van der Waals surface area (Å²) in [6.45, 7) is 1.59. The van der Waals surface area contributed by atoms with Crippen molar-refractivity contribution in [3.63, 3.8) is 0 Å². The molecule has 3 N–H and O–H groups in total. The number of carboxylic acid groups (broad SMARTS) is 2. The normalized spacial score (nSPS) is 11.3. The van der Waals surface area contributed by atoms with Crippen LogP contribution in [0.1, 0.15) is 31.8 Å². The summed E-state index contributed by atoms with van der Waals surface area (Å²) >= 11 is 0. The Morgan fingerprint density at radius 1 is 0.672 bits per heavy atom. The number of amidine groups is 1. The average molecular weight is 894 g/mol. The molecule has 0 radical (unpaired) electrons. The summed E-state index contributed by atoms with van der Waals surface area (Å²) in [5, 5.41) is 88.3. The Balaban J connectivity index is 0.00000720. The standard InChI is InChI=1S/C36H29N7O12S.5Na/c1-18-12-30(55-2)28(17-27(18)43-42-24-15-26(35(49)50)32(45)31(16-24)56(52,53)54)39-33(46)19-4-3-5-22(13-19)38-36(51)37-20-6-8-21(9-7-20)40-41-23-10-11-29(44)25(14-23)34(47)48;;;;;/h3-17,44-45H,1-2H3,(H,39,46)(H,47,48)(H,49,50)(H2,37,38,51)(H,52,53,54);;;;;/q;5*+1/p-5. The van der Waals surface area contributed by atoms with Crippen LogP contribution >= 0.6 is 0 Å². The van der Waals surface area contributed by atoms with E-state index >= 15 is 0 Å². The average Bonchev–Trinajstić information content (AvgIpc) is 3.14. The molecular weight excluding hydrogens is 869 g/mol. The fourth-order valence-corrected chi connectivity index (χ4v) is 5.36. The van der Waals surface area contributed by atoms with Crippen LogP contribution in [0.25, 0.3) is 0 Å². The number of ether oxygens (including phenoxy) is 1. The van der Waals surface area contributed by atoms with Crippen molar-refractivity contribution in [2.75, 3.05) is 12.4 Å². The zero-order chi connectivity index (χ0) is 40.7. The van der Waals surface area contributed by atoms with Crippen molar-refractivity contribution in [3.05, 3.63) is 113 Å². The molecule has 0 aliphatic heterocycles. The molecule has 5 aromatic rings. The van der Waals surface area contributed by atoms with Crippen LogP contribution < -0.4 is 183 Å². The number of methoxy groups -OCH3 is 1. The molecule has 5 aromatic carbocycles.